The van der Waals surface area contributed by atoms with Crippen molar-refractivity contribution in [3.8, 4) is 11.3 Å². The monoisotopic (exact) mass is 402 g/mol. The molecule has 1 atom stereocenters. The maximum atomic E-state index is 12.6. The zero-order chi connectivity index (χ0) is 15.5. The number of halogens is 1. The quantitative estimate of drug-likeness (QED) is 0.510. The molecular weight excluding hydrogens is 387 g/mol. The molecule has 0 bridgehead atoms. The van der Waals surface area contributed by atoms with E-state index in [0.717, 1.165) is 20.5 Å². The lowest BCUT2D eigenvalue weighted by Gasteiger charge is -2.08. The summed E-state index contributed by atoms with van der Waals surface area (Å²) in [5, 5.41) is 0. The molecule has 0 radical (unpaired) electrons. The van der Waals surface area contributed by atoms with Crippen LogP contribution in [0.15, 0.2) is 60.7 Å². The standard InChI is InChI=1S/C18H15IN2O/c1-12(13-8-4-2-5-9-13)16(22)18-20-15(17(19)21-18)14-10-6-3-7-11-14/h2-12H,1H3,(H,20,21). The van der Waals surface area contributed by atoms with Gasteiger partial charge < -0.3 is 4.98 Å². The molecule has 22 heavy (non-hydrogen) atoms. The van der Waals surface area contributed by atoms with Crippen molar-refractivity contribution in [1.29, 1.82) is 0 Å². The average molecular weight is 402 g/mol. The van der Waals surface area contributed by atoms with Crippen molar-refractivity contribution >= 4 is 28.4 Å². The first-order chi connectivity index (χ1) is 10.7. The number of hydrogen-bond donors (Lipinski definition) is 1. The molecule has 0 saturated heterocycles. The molecule has 0 fully saturated rings. The number of nitrogens with zero attached hydrogens (tertiary/aromatic N) is 1. The Morgan fingerprint density at radius 1 is 1.05 bits per heavy atom. The Morgan fingerprint density at radius 2 is 1.64 bits per heavy atom. The van der Waals surface area contributed by atoms with Crippen LogP contribution in [0.1, 0.15) is 29.0 Å². The van der Waals surface area contributed by atoms with Crippen LogP contribution in [0.3, 0.4) is 0 Å². The molecule has 0 amide bonds. The maximum Gasteiger partial charge on any atom is 0.205 e. The first kappa shape index (κ1) is 15.0. The van der Waals surface area contributed by atoms with E-state index in [1.165, 1.54) is 0 Å². The highest BCUT2D eigenvalue weighted by molar-refractivity contribution is 14.1. The van der Waals surface area contributed by atoms with Crippen LogP contribution in [0, 0.1) is 3.70 Å². The van der Waals surface area contributed by atoms with Crippen molar-refractivity contribution in [2.24, 2.45) is 0 Å². The number of imidazole rings is 1. The lowest BCUT2D eigenvalue weighted by atomic mass is 9.96. The molecule has 3 aromatic rings. The number of aromatic amines is 1. The summed E-state index contributed by atoms with van der Waals surface area (Å²) in [7, 11) is 0. The summed E-state index contributed by atoms with van der Waals surface area (Å²) in [6.45, 7) is 1.91. The highest BCUT2D eigenvalue weighted by Gasteiger charge is 2.22. The van der Waals surface area contributed by atoms with E-state index in [-0.39, 0.29) is 11.7 Å². The Labute approximate surface area is 142 Å². The van der Waals surface area contributed by atoms with Crippen LogP contribution < -0.4 is 0 Å². The van der Waals surface area contributed by atoms with Gasteiger partial charge in [0.05, 0.1) is 0 Å². The Balaban J connectivity index is 1.92. The molecule has 0 aliphatic rings. The summed E-state index contributed by atoms with van der Waals surface area (Å²) in [6.07, 6.45) is 0. The van der Waals surface area contributed by atoms with E-state index in [1.807, 2.05) is 67.6 Å². The van der Waals surface area contributed by atoms with Crippen LogP contribution in [-0.2, 0) is 0 Å². The van der Waals surface area contributed by atoms with E-state index >= 15 is 0 Å². The minimum atomic E-state index is -0.216. The predicted molar refractivity (Wildman–Crippen MR) is 95.9 cm³/mol. The SMILES string of the molecule is CC(C(=O)c1nc(-c2ccccc2)c(I)[nH]1)c1ccccc1. The van der Waals surface area contributed by atoms with Crippen molar-refractivity contribution in [3.05, 3.63) is 75.8 Å². The summed E-state index contributed by atoms with van der Waals surface area (Å²) in [5.74, 6) is 0.206. The number of aromatic nitrogens is 2. The number of Topliss-reactive ketones (excluding diaryl/α,β-unsaturated/α-hetero) is 1. The molecule has 0 aliphatic carbocycles. The average Bonchev–Trinajstić information content (AvgIpc) is 2.97. The van der Waals surface area contributed by atoms with Gasteiger partial charge in [-0.3, -0.25) is 4.79 Å². The molecule has 0 saturated carbocycles. The summed E-state index contributed by atoms with van der Waals surface area (Å²) < 4.78 is 0.882. The Hall–Kier alpha value is -1.95. The lowest BCUT2D eigenvalue weighted by Crippen LogP contribution is -2.11. The van der Waals surface area contributed by atoms with Gasteiger partial charge in [0, 0.05) is 11.5 Å². The van der Waals surface area contributed by atoms with Crippen LogP contribution in [0.25, 0.3) is 11.3 Å². The van der Waals surface area contributed by atoms with E-state index in [1.54, 1.807) is 0 Å². The number of hydrogen-bond acceptors (Lipinski definition) is 2. The number of rotatable bonds is 4. The molecule has 1 heterocycles. The van der Waals surface area contributed by atoms with Gasteiger partial charge in [-0.05, 0) is 28.2 Å². The van der Waals surface area contributed by atoms with Crippen LogP contribution in [0.4, 0.5) is 0 Å². The first-order valence-corrected chi connectivity index (χ1v) is 8.15. The van der Waals surface area contributed by atoms with E-state index < -0.39 is 0 Å². The number of carbonyl (C=O) groups is 1. The molecule has 3 nitrogen and oxygen atoms in total. The van der Waals surface area contributed by atoms with Crippen LogP contribution >= 0.6 is 22.6 Å². The molecule has 1 aromatic heterocycles. The van der Waals surface area contributed by atoms with Crippen molar-refractivity contribution < 1.29 is 4.79 Å². The molecule has 110 valence electrons. The number of carbonyl (C=O) groups excluding carboxylic acids is 1. The zero-order valence-electron chi connectivity index (χ0n) is 12.1. The van der Waals surface area contributed by atoms with Crippen molar-refractivity contribution in [1.82, 2.24) is 9.97 Å². The fourth-order valence-electron chi connectivity index (χ4n) is 2.35. The van der Waals surface area contributed by atoms with Gasteiger partial charge >= 0.3 is 0 Å². The van der Waals surface area contributed by atoms with Gasteiger partial charge in [-0.2, -0.15) is 0 Å². The van der Waals surface area contributed by atoms with E-state index in [9.17, 15) is 4.79 Å². The maximum absolute atomic E-state index is 12.6. The lowest BCUT2D eigenvalue weighted by molar-refractivity contribution is 0.0957. The summed E-state index contributed by atoms with van der Waals surface area (Å²) in [4.78, 5) is 20.3. The third-order valence-corrected chi connectivity index (χ3v) is 4.41. The number of H-pyrrole nitrogens is 1. The summed E-state index contributed by atoms with van der Waals surface area (Å²) in [6, 6.07) is 19.7. The van der Waals surface area contributed by atoms with Crippen LogP contribution in [0.5, 0.6) is 0 Å². The smallest absolute Gasteiger partial charge is 0.205 e. The second kappa shape index (κ2) is 6.44. The van der Waals surface area contributed by atoms with Gasteiger partial charge in [0.1, 0.15) is 9.39 Å². The minimum absolute atomic E-state index is 0.00583. The van der Waals surface area contributed by atoms with E-state index in [0.29, 0.717) is 5.82 Å². The van der Waals surface area contributed by atoms with Gasteiger partial charge in [0.2, 0.25) is 5.78 Å². The van der Waals surface area contributed by atoms with Crippen molar-refractivity contribution in [2.75, 3.05) is 0 Å². The normalized spacial score (nSPS) is 12.1. The Bertz CT molecular complexity index is 781. The molecule has 3 rings (SSSR count). The minimum Gasteiger partial charge on any atom is -0.330 e. The largest absolute Gasteiger partial charge is 0.330 e. The third kappa shape index (κ3) is 2.97. The number of benzene rings is 2. The summed E-state index contributed by atoms with van der Waals surface area (Å²) in [5.41, 5.74) is 2.83. The molecular formula is C18H15IN2O. The highest BCUT2D eigenvalue weighted by Crippen LogP contribution is 2.25. The van der Waals surface area contributed by atoms with Crippen molar-refractivity contribution in [3.63, 3.8) is 0 Å². The number of nitrogens with one attached hydrogen (secondary N) is 1. The van der Waals surface area contributed by atoms with Gasteiger partial charge in [0.15, 0.2) is 5.82 Å². The Morgan fingerprint density at radius 3 is 2.27 bits per heavy atom. The fourth-order valence-corrected chi connectivity index (χ4v) is 3.04. The van der Waals surface area contributed by atoms with Gasteiger partial charge in [-0.15, -0.1) is 0 Å². The molecule has 4 heteroatoms. The molecule has 2 aromatic carbocycles. The Kier molecular flexibility index (Phi) is 4.38. The second-order valence-corrected chi connectivity index (χ2v) is 6.19. The first-order valence-electron chi connectivity index (χ1n) is 7.07. The van der Waals surface area contributed by atoms with E-state index in [4.69, 9.17) is 0 Å². The van der Waals surface area contributed by atoms with Crippen LogP contribution in [0.2, 0.25) is 0 Å². The van der Waals surface area contributed by atoms with E-state index in [2.05, 4.69) is 32.6 Å². The molecule has 1 unspecified atom stereocenters. The topological polar surface area (TPSA) is 45.8 Å². The zero-order valence-corrected chi connectivity index (χ0v) is 14.2. The van der Waals surface area contributed by atoms with Crippen molar-refractivity contribution in [2.45, 2.75) is 12.8 Å². The van der Waals surface area contributed by atoms with Gasteiger partial charge in [-0.1, -0.05) is 67.6 Å². The number of ketones is 1. The fraction of sp³-hybridized carbons (Fsp3) is 0.111. The third-order valence-electron chi connectivity index (χ3n) is 3.63. The highest BCUT2D eigenvalue weighted by atomic mass is 127. The summed E-state index contributed by atoms with van der Waals surface area (Å²) >= 11 is 2.19. The van der Waals surface area contributed by atoms with Gasteiger partial charge in [0.25, 0.3) is 0 Å². The van der Waals surface area contributed by atoms with Gasteiger partial charge in [-0.25, -0.2) is 4.98 Å². The van der Waals surface area contributed by atoms with Crippen LogP contribution in [-0.4, -0.2) is 15.8 Å². The second-order valence-electron chi connectivity index (χ2n) is 5.11. The molecule has 1 N–H and O–H groups in total. The molecule has 0 spiro atoms. The predicted octanol–water partition coefficient (Wildman–Crippen LogP) is 4.67. The molecule has 0 aliphatic heterocycles.